The highest BCUT2D eigenvalue weighted by Crippen LogP contribution is 2.05. The van der Waals surface area contributed by atoms with Crippen LogP contribution in [-0.4, -0.2) is 87.8 Å². The van der Waals surface area contributed by atoms with E-state index >= 15 is 0 Å². The number of thioether (sulfide) groups is 1. The molecule has 8 N–H and O–H groups in total. The van der Waals surface area contributed by atoms with Gasteiger partial charge in [-0.15, -0.1) is 0 Å². The fourth-order valence-electron chi connectivity index (χ4n) is 2.30. The molecule has 172 valence electrons. The number of carbonyl (C=O) groups is 5. The predicted octanol–water partition coefficient (Wildman–Crippen LogP) is -2.27. The Labute approximate surface area is 178 Å². The van der Waals surface area contributed by atoms with E-state index in [9.17, 15) is 29.1 Å². The zero-order chi connectivity index (χ0) is 23.4. The van der Waals surface area contributed by atoms with Crippen LogP contribution in [-0.2, 0) is 24.0 Å². The van der Waals surface area contributed by atoms with Crippen molar-refractivity contribution in [2.75, 3.05) is 18.6 Å². The van der Waals surface area contributed by atoms with Gasteiger partial charge in [0.15, 0.2) is 0 Å². The molecule has 0 aliphatic heterocycles. The molecule has 0 fully saturated rings. The lowest BCUT2D eigenvalue weighted by atomic mass is 10.0. The first-order valence-corrected chi connectivity index (χ1v) is 10.5. The van der Waals surface area contributed by atoms with Crippen molar-refractivity contribution in [3.63, 3.8) is 0 Å². The molecule has 0 radical (unpaired) electrons. The molecular formula is C17H30N4O8S. The number of nitrogens with one attached hydrogen (secondary N) is 3. The van der Waals surface area contributed by atoms with E-state index in [0.717, 1.165) is 0 Å². The number of nitrogens with two attached hydrogens (primary N) is 1. The third kappa shape index (κ3) is 9.89. The largest absolute Gasteiger partial charge is 0.481 e. The van der Waals surface area contributed by atoms with Crippen molar-refractivity contribution in [3.05, 3.63) is 0 Å². The van der Waals surface area contributed by atoms with Gasteiger partial charge in [0, 0.05) is 0 Å². The van der Waals surface area contributed by atoms with Crippen LogP contribution in [0.15, 0.2) is 0 Å². The highest BCUT2D eigenvalue weighted by molar-refractivity contribution is 7.98. The molecule has 4 atom stereocenters. The fourth-order valence-corrected chi connectivity index (χ4v) is 2.77. The smallest absolute Gasteiger partial charge is 0.326 e. The third-order valence-electron chi connectivity index (χ3n) is 4.02. The summed E-state index contributed by atoms with van der Waals surface area (Å²) in [7, 11) is 0. The molecule has 0 aliphatic rings. The molecule has 0 saturated carbocycles. The molecule has 4 unspecified atom stereocenters. The summed E-state index contributed by atoms with van der Waals surface area (Å²) in [5.41, 5.74) is 5.49. The van der Waals surface area contributed by atoms with Crippen molar-refractivity contribution in [3.8, 4) is 0 Å². The Bertz CT molecular complexity index is 631. The number of aliphatic carboxylic acids is 2. The summed E-state index contributed by atoms with van der Waals surface area (Å²) in [5.74, 6) is -5.08. The number of aliphatic hydroxyl groups is 1. The van der Waals surface area contributed by atoms with Gasteiger partial charge in [-0.2, -0.15) is 11.8 Å². The lowest BCUT2D eigenvalue weighted by Gasteiger charge is -2.25. The van der Waals surface area contributed by atoms with Gasteiger partial charge >= 0.3 is 11.9 Å². The molecule has 0 aromatic carbocycles. The van der Waals surface area contributed by atoms with E-state index in [-0.39, 0.29) is 6.42 Å². The predicted molar refractivity (Wildman–Crippen MR) is 109 cm³/mol. The first-order chi connectivity index (χ1) is 13.9. The summed E-state index contributed by atoms with van der Waals surface area (Å²) in [5, 5.41) is 34.2. The average Bonchev–Trinajstić information content (AvgIpc) is 2.65. The minimum atomic E-state index is -1.44. The molecule has 0 aliphatic carbocycles. The summed E-state index contributed by atoms with van der Waals surface area (Å²) in [6, 6.07) is -5.16. The maximum Gasteiger partial charge on any atom is 0.326 e. The van der Waals surface area contributed by atoms with Crippen molar-refractivity contribution in [1.29, 1.82) is 0 Å². The monoisotopic (exact) mass is 450 g/mol. The van der Waals surface area contributed by atoms with Gasteiger partial charge in [0.2, 0.25) is 17.7 Å². The minimum Gasteiger partial charge on any atom is -0.481 e. The summed E-state index contributed by atoms with van der Waals surface area (Å²) in [6.45, 7) is 2.36. The Balaban J connectivity index is 5.20. The molecule has 13 heteroatoms. The summed E-state index contributed by atoms with van der Waals surface area (Å²) in [4.78, 5) is 58.8. The van der Waals surface area contributed by atoms with Gasteiger partial charge in [-0.25, -0.2) is 4.79 Å². The Morgan fingerprint density at radius 2 is 1.47 bits per heavy atom. The first kappa shape index (κ1) is 27.6. The number of carbonyl (C=O) groups excluding carboxylic acids is 3. The molecule has 0 bridgehead atoms. The number of carboxylic acids is 2. The number of hydrogen-bond acceptors (Lipinski definition) is 8. The van der Waals surface area contributed by atoms with Crippen LogP contribution in [0, 0.1) is 5.92 Å². The van der Waals surface area contributed by atoms with Gasteiger partial charge in [-0.05, 0) is 24.3 Å². The Hall–Kier alpha value is -2.38. The van der Waals surface area contributed by atoms with E-state index in [1.807, 2.05) is 0 Å². The van der Waals surface area contributed by atoms with E-state index in [0.29, 0.717) is 5.75 Å². The van der Waals surface area contributed by atoms with Gasteiger partial charge in [0.25, 0.3) is 0 Å². The van der Waals surface area contributed by atoms with E-state index in [1.165, 1.54) is 11.8 Å². The standard InChI is InChI=1S/C17H30N4O8S/c1-8(2)13(17(28)29)21-16(27)11(7-22)20-15(26)10(4-5-30-3)19-14(25)9(18)6-12(23)24/h8-11,13,22H,4-7,18H2,1-3H3,(H,19,25)(H,20,26)(H,21,27)(H,23,24)(H,28,29). The van der Waals surface area contributed by atoms with Crippen LogP contribution in [0.25, 0.3) is 0 Å². The van der Waals surface area contributed by atoms with Crippen molar-refractivity contribution in [1.82, 2.24) is 16.0 Å². The maximum atomic E-state index is 12.6. The Morgan fingerprint density at radius 3 is 1.90 bits per heavy atom. The molecule has 12 nitrogen and oxygen atoms in total. The van der Waals surface area contributed by atoms with Crippen molar-refractivity contribution in [2.45, 2.75) is 50.9 Å². The molecule has 0 saturated heterocycles. The summed E-state index contributed by atoms with van der Waals surface area (Å²) in [6.07, 6.45) is 1.30. The van der Waals surface area contributed by atoms with E-state index < -0.39 is 72.8 Å². The van der Waals surface area contributed by atoms with Gasteiger partial charge in [-0.3, -0.25) is 19.2 Å². The molecule has 0 aromatic rings. The SMILES string of the molecule is CSCCC(NC(=O)C(N)CC(=O)O)C(=O)NC(CO)C(=O)NC(C(=O)O)C(C)C. The molecule has 0 heterocycles. The zero-order valence-corrected chi connectivity index (χ0v) is 17.9. The Morgan fingerprint density at radius 1 is 0.933 bits per heavy atom. The number of carboxylic acid groups (broad SMARTS) is 2. The normalized spacial score (nSPS) is 14.9. The van der Waals surface area contributed by atoms with Crippen LogP contribution >= 0.6 is 11.8 Å². The zero-order valence-electron chi connectivity index (χ0n) is 17.1. The van der Waals surface area contributed by atoms with Crippen LogP contribution in [0.1, 0.15) is 26.7 Å². The van der Waals surface area contributed by atoms with Crippen LogP contribution in [0.4, 0.5) is 0 Å². The molecular weight excluding hydrogens is 420 g/mol. The van der Waals surface area contributed by atoms with Crippen LogP contribution in [0.2, 0.25) is 0 Å². The van der Waals surface area contributed by atoms with Crippen molar-refractivity contribution >= 4 is 41.4 Å². The van der Waals surface area contributed by atoms with Gasteiger partial charge in [0.05, 0.1) is 19.1 Å². The third-order valence-corrected chi connectivity index (χ3v) is 4.66. The lowest BCUT2D eigenvalue weighted by molar-refractivity contribution is -0.143. The second-order valence-electron chi connectivity index (χ2n) is 6.86. The highest BCUT2D eigenvalue weighted by atomic mass is 32.2. The quantitative estimate of drug-likeness (QED) is 0.151. The van der Waals surface area contributed by atoms with Crippen molar-refractivity contribution in [2.24, 2.45) is 11.7 Å². The Kier molecular flexibility index (Phi) is 12.7. The number of amides is 3. The maximum absolute atomic E-state index is 12.6. The lowest BCUT2D eigenvalue weighted by Crippen LogP contribution is -2.58. The summed E-state index contributed by atoms with van der Waals surface area (Å²) < 4.78 is 0. The van der Waals surface area contributed by atoms with Crippen LogP contribution in [0.3, 0.4) is 0 Å². The molecule has 0 rings (SSSR count). The van der Waals surface area contributed by atoms with Gasteiger partial charge < -0.3 is 37.0 Å². The summed E-state index contributed by atoms with van der Waals surface area (Å²) >= 11 is 1.39. The highest BCUT2D eigenvalue weighted by Gasteiger charge is 2.31. The van der Waals surface area contributed by atoms with Gasteiger partial charge in [0.1, 0.15) is 18.1 Å². The molecule has 0 aromatic heterocycles. The number of hydrogen-bond donors (Lipinski definition) is 7. The second kappa shape index (κ2) is 13.8. The molecule has 30 heavy (non-hydrogen) atoms. The molecule has 0 spiro atoms. The first-order valence-electron chi connectivity index (χ1n) is 9.15. The fraction of sp³-hybridized carbons (Fsp3) is 0.706. The minimum absolute atomic E-state index is 0.155. The second-order valence-corrected chi connectivity index (χ2v) is 7.84. The van der Waals surface area contributed by atoms with Crippen molar-refractivity contribution < 1.29 is 39.3 Å². The van der Waals surface area contributed by atoms with Gasteiger partial charge in [-0.1, -0.05) is 13.8 Å². The average molecular weight is 451 g/mol. The van der Waals surface area contributed by atoms with Crippen LogP contribution < -0.4 is 21.7 Å². The number of rotatable bonds is 14. The van der Waals surface area contributed by atoms with E-state index in [2.05, 4.69) is 16.0 Å². The topological polar surface area (TPSA) is 208 Å². The van der Waals surface area contributed by atoms with E-state index in [4.69, 9.17) is 15.9 Å². The van der Waals surface area contributed by atoms with Crippen LogP contribution in [0.5, 0.6) is 0 Å². The van der Waals surface area contributed by atoms with E-state index in [1.54, 1.807) is 20.1 Å². The molecule has 3 amide bonds. The number of aliphatic hydroxyl groups excluding tert-OH is 1.